The molecule has 3 heteroatoms. The molecule has 0 radical (unpaired) electrons. The Morgan fingerprint density at radius 2 is 1.89 bits per heavy atom. The second-order valence-electron chi connectivity index (χ2n) is 5.33. The quantitative estimate of drug-likeness (QED) is 0.802. The number of aromatic amines is 1. The van der Waals surface area contributed by atoms with E-state index in [0.717, 1.165) is 18.1 Å². The first-order valence-corrected chi connectivity index (χ1v) is 6.69. The highest BCUT2D eigenvalue weighted by atomic mass is 19.1. The molecule has 1 aliphatic carbocycles. The van der Waals surface area contributed by atoms with Crippen molar-refractivity contribution in [1.82, 2.24) is 4.98 Å². The Balaban J connectivity index is 1.92. The Morgan fingerprint density at radius 1 is 1.11 bits per heavy atom. The van der Waals surface area contributed by atoms with E-state index in [-0.39, 0.29) is 0 Å². The molecule has 96 valence electrons. The van der Waals surface area contributed by atoms with Gasteiger partial charge in [-0.25, -0.2) is 8.78 Å². The molecular formula is C15H17F2N. The lowest BCUT2D eigenvalue weighted by Gasteiger charge is -2.21. The number of rotatable bonds is 2. The molecule has 3 rings (SSSR count). The summed E-state index contributed by atoms with van der Waals surface area (Å²) in [6, 6.07) is 2.37. The molecule has 0 unspecified atom stereocenters. The average molecular weight is 249 g/mol. The molecule has 1 N–H and O–H groups in total. The Labute approximate surface area is 105 Å². The van der Waals surface area contributed by atoms with Crippen LogP contribution < -0.4 is 0 Å². The van der Waals surface area contributed by atoms with E-state index < -0.39 is 11.6 Å². The average Bonchev–Trinajstić information content (AvgIpc) is 2.74. The molecule has 0 saturated heterocycles. The van der Waals surface area contributed by atoms with E-state index in [1.54, 1.807) is 0 Å². The second kappa shape index (κ2) is 4.71. The summed E-state index contributed by atoms with van der Waals surface area (Å²) >= 11 is 0. The van der Waals surface area contributed by atoms with E-state index in [9.17, 15) is 8.78 Å². The molecule has 0 spiro atoms. The molecule has 1 saturated carbocycles. The van der Waals surface area contributed by atoms with Gasteiger partial charge in [-0.2, -0.15) is 0 Å². The standard InChI is InChI=1S/C15H17F2N/c16-12-7-13-11(6-10-4-2-1-3-5-10)9-18-15(13)14(17)8-12/h7-10,18H,1-6H2. The van der Waals surface area contributed by atoms with E-state index in [1.807, 2.05) is 6.20 Å². The molecule has 0 bridgehead atoms. The number of hydrogen-bond acceptors (Lipinski definition) is 0. The highest BCUT2D eigenvalue weighted by molar-refractivity contribution is 5.83. The molecule has 18 heavy (non-hydrogen) atoms. The number of nitrogens with one attached hydrogen (secondary N) is 1. The Morgan fingerprint density at radius 3 is 2.67 bits per heavy atom. The van der Waals surface area contributed by atoms with Crippen molar-refractivity contribution >= 4 is 10.9 Å². The maximum atomic E-state index is 13.6. The molecule has 0 aliphatic heterocycles. The van der Waals surface area contributed by atoms with E-state index in [0.29, 0.717) is 16.8 Å². The van der Waals surface area contributed by atoms with Crippen LogP contribution >= 0.6 is 0 Å². The monoisotopic (exact) mass is 249 g/mol. The normalized spacial score (nSPS) is 17.4. The first-order valence-electron chi connectivity index (χ1n) is 6.69. The summed E-state index contributed by atoms with van der Waals surface area (Å²) in [6.07, 6.45) is 9.15. The van der Waals surface area contributed by atoms with Gasteiger partial charge in [0.05, 0.1) is 5.52 Å². The van der Waals surface area contributed by atoms with Crippen molar-refractivity contribution in [2.24, 2.45) is 5.92 Å². The Bertz CT molecular complexity index is 553. The number of halogens is 2. The zero-order valence-electron chi connectivity index (χ0n) is 10.3. The number of hydrogen-bond donors (Lipinski definition) is 1. The van der Waals surface area contributed by atoms with Gasteiger partial charge in [0.2, 0.25) is 0 Å². The topological polar surface area (TPSA) is 15.8 Å². The van der Waals surface area contributed by atoms with Crippen molar-refractivity contribution in [3.05, 3.63) is 35.5 Å². The molecule has 1 nitrogen and oxygen atoms in total. The van der Waals surface area contributed by atoms with Gasteiger partial charge in [-0.3, -0.25) is 0 Å². The summed E-state index contributed by atoms with van der Waals surface area (Å²) < 4.78 is 26.8. The zero-order chi connectivity index (χ0) is 12.5. The lowest BCUT2D eigenvalue weighted by atomic mass is 9.85. The van der Waals surface area contributed by atoms with Crippen molar-refractivity contribution in [3.8, 4) is 0 Å². The van der Waals surface area contributed by atoms with Gasteiger partial charge in [0.25, 0.3) is 0 Å². The van der Waals surface area contributed by atoms with E-state index in [2.05, 4.69) is 4.98 Å². The summed E-state index contributed by atoms with van der Waals surface area (Å²) in [4.78, 5) is 2.93. The fraction of sp³-hybridized carbons (Fsp3) is 0.467. The van der Waals surface area contributed by atoms with Crippen LogP contribution in [0.1, 0.15) is 37.7 Å². The SMILES string of the molecule is Fc1cc(F)c2[nH]cc(CC3CCCCC3)c2c1. The third kappa shape index (κ3) is 2.14. The Kier molecular flexibility index (Phi) is 3.06. The van der Waals surface area contributed by atoms with Crippen LogP contribution in [0.3, 0.4) is 0 Å². The van der Waals surface area contributed by atoms with Gasteiger partial charge >= 0.3 is 0 Å². The molecule has 0 amide bonds. The van der Waals surface area contributed by atoms with Crippen LogP contribution in [0.25, 0.3) is 10.9 Å². The summed E-state index contributed by atoms with van der Waals surface area (Å²) in [5.41, 5.74) is 1.48. The van der Waals surface area contributed by atoms with Crippen LogP contribution in [0.5, 0.6) is 0 Å². The molecule has 1 aromatic heterocycles. The van der Waals surface area contributed by atoms with Crippen LogP contribution in [0, 0.1) is 17.6 Å². The summed E-state index contributed by atoms with van der Waals surface area (Å²) in [5, 5.41) is 0.707. The first-order chi connectivity index (χ1) is 8.74. The Hall–Kier alpha value is -1.38. The minimum atomic E-state index is -0.500. The summed E-state index contributed by atoms with van der Waals surface area (Å²) in [6.45, 7) is 0. The van der Waals surface area contributed by atoms with Gasteiger partial charge in [0, 0.05) is 17.6 Å². The molecule has 0 atom stereocenters. The maximum Gasteiger partial charge on any atom is 0.150 e. The van der Waals surface area contributed by atoms with Crippen molar-refractivity contribution in [3.63, 3.8) is 0 Å². The highest BCUT2D eigenvalue weighted by Gasteiger charge is 2.17. The molecule has 1 aliphatic rings. The maximum absolute atomic E-state index is 13.6. The van der Waals surface area contributed by atoms with E-state index in [1.165, 1.54) is 38.2 Å². The number of aromatic nitrogens is 1. The van der Waals surface area contributed by atoms with Gasteiger partial charge < -0.3 is 4.98 Å². The smallest absolute Gasteiger partial charge is 0.150 e. The molecular weight excluding hydrogens is 232 g/mol. The molecule has 1 aromatic carbocycles. The number of H-pyrrole nitrogens is 1. The highest BCUT2D eigenvalue weighted by Crippen LogP contribution is 2.30. The lowest BCUT2D eigenvalue weighted by molar-refractivity contribution is 0.357. The fourth-order valence-corrected chi connectivity index (χ4v) is 3.08. The van der Waals surface area contributed by atoms with Crippen LogP contribution in [-0.2, 0) is 6.42 Å². The van der Waals surface area contributed by atoms with Gasteiger partial charge in [0.15, 0.2) is 0 Å². The van der Waals surface area contributed by atoms with Gasteiger partial charge in [-0.1, -0.05) is 32.1 Å². The van der Waals surface area contributed by atoms with Gasteiger partial charge in [0.1, 0.15) is 11.6 Å². The van der Waals surface area contributed by atoms with Crippen molar-refractivity contribution in [1.29, 1.82) is 0 Å². The first kappa shape index (κ1) is 11.7. The third-order valence-electron chi connectivity index (χ3n) is 4.03. The zero-order valence-corrected chi connectivity index (χ0v) is 10.3. The summed E-state index contributed by atoms with van der Waals surface area (Å²) in [7, 11) is 0. The van der Waals surface area contributed by atoms with Crippen molar-refractivity contribution in [2.75, 3.05) is 0 Å². The van der Waals surface area contributed by atoms with E-state index >= 15 is 0 Å². The number of benzene rings is 1. The number of fused-ring (bicyclic) bond motifs is 1. The van der Waals surface area contributed by atoms with Crippen molar-refractivity contribution < 1.29 is 8.78 Å². The lowest BCUT2D eigenvalue weighted by Crippen LogP contribution is -2.08. The van der Waals surface area contributed by atoms with E-state index in [4.69, 9.17) is 0 Å². The van der Waals surface area contributed by atoms with Crippen LogP contribution in [0.15, 0.2) is 18.3 Å². The molecule has 1 heterocycles. The summed E-state index contributed by atoms with van der Waals surface area (Å²) in [5.74, 6) is -0.325. The van der Waals surface area contributed by atoms with Gasteiger partial charge in [-0.05, 0) is 24.0 Å². The fourth-order valence-electron chi connectivity index (χ4n) is 3.08. The second-order valence-corrected chi connectivity index (χ2v) is 5.33. The largest absolute Gasteiger partial charge is 0.359 e. The van der Waals surface area contributed by atoms with Gasteiger partial charge in [-0.15, -0.1) is 0 Å². The molecule has 2 aromatic rings. The van der Waals surface area contributed by atoms with Crippen molar-refractivity contribution in [2.45, 2.75) is 38.5 Å². The predicted molar refractivity (Wildman–Crippen MR) is 68.5 cm³/mol. The van der Waals surface area contributed by atoms with Crippen LogP contribution in [0.4, 0.5) is 8.78 Å². The molecule has 1 fully saturated rings. The van der Waals surface area contributed by atoms with Crippen LogP contribution in [0.2, 0.25) is 0 Å². The minimum Gasteiger partial charge on any atom is -0.359 e. The van der Waals surface area contributed by atoms with Crippen LogP contribution in [-0.4, -0.2) is 4.98 Å². The third-order valence-corrected chi connectivity index (χ3v) is 4.03. The minimum absolute atomic E-state index is 0.433. The predicted octanol–water partition coefficient (Wildman–Crippen LogP) is 4.57.